The molecule has 0 unspecified atom stereocenters. The van der Waals surface area contributed by atoms with E-state index in [0.717, 1.165) is 62.3 Å². The van der Waals surface area contributed by atoms with Crippen molar-refractivity contribution >= 4 is 39.7 Å². The zero-order valence-electron chi connectivity index (χ0n) is 19.6. The molecule has 0 atom stereocenters. The lowest BCUT2D eigenvalue weighted by Crippen LogP contribution is -2.31. The van der Waals surface area contributed by atoms with E-state index in [1.807, 2.05) is 23.5 Å². The SMILES string of the molecule is CCN1CCc2c(sc(-n3cccc3)c2CNC(=O)Nc2sc3c(c2C(=O)OC)CCCC3)C1. The van der Waals surface area contributed by atoms with Crippen LogP contribution in [-0.2, 0) is 37.1 Å². The molecule has 0 saturated carbocycles. The van der Waals surface area contributed by atoms with Crippen molar-refractivity contribution in [1.29, 1.82) is 0 Å². The van der Waals surface area contributed by atoms with E-state index in [4.69, 9.17) is 4.74 Å². The van der Waals surface area contributed by atoms with E-state index in [1.165, 1.54) is 39.3 Å². The summed E-state index contributed by atoms with van der Waals surface area (Å²) < 4.78 is 7.17. The Morgan fingerprint density at radius 1 is 1.06 bits per heavy atom. The first kappa shape index (κ1) is 23.1. The summed E-state index contributed by atoms with van der Waals surface area (Å²) in [5.41, 5.74) is 4.11. The number of carbonyl (C=O) groups is 2. The second-order valence-electron chi connectivity index (χ2n) is 8.71. The van der Waals surface area contributed by atoms with Crippen LogP contribution in [-0.4, -0.2) is 41.7 Å². The molecule has 3 aromatic heterocycles. The number of carbonyl (C=O) groups excluding carboxylic acids is 2. The van der Waals surface area contributed by atoms with Gasteiger partial charge >= 0.3 is 12.0 Å². The Labute approximate surface area is 207 Å². The van der Waals surface area contributed by atoms with Gasteiger partial charge in [0.05, 0.1) is 12.7 Å². The van der Waals surface area contributed by atoms with Gasteiger partial charge < -0.3 is 14.6 Å². The van der Waals surface area contributed by atoms with Crippen molar-refractivity contribution in [3.05, 3.63) is 56.5 Å². The lowest BCUT2D eigenvalue weighted by molar-refractivity contribution is 0.0601. The van der Waals surface area contributed by atoms with Gasteiger partial charge in [-0.25, -0.2) is 9.59 Å². The molecule has 0 saturated heterocycles. The highest BCUT2D eigenvalue weighted by Crippen LogP contribution is 2.39. The van der Waals surface area contributed by atoms with E-state index >= 15 is 0 Å². The van der Waals surface area contributed by atoms with Crippen LogP contribution >= 0.6 is 22.7 Å². The third-order valence-electron chi connectivity index (χ3n) is 6.72. The molecule has 0 radical (unpaired) electrons. The van der Waals surface area contributed by atoms with Crippen molar-refractivity contribution in [3.63, 3.8) is 0 Å². The number of rotatable bonds is 6. The number of likely N-dealkylation sites (N-methyl/N-ethyl adjacent to an activating group) is 1. The first-order valence-electron chi connectivity index (χ1n) is 11.9. The van der Waals surface area contributed by atoms with Crippen LogP contribution < -0.4 is 10.6 Å². The quantitative estimate of drug-likeness (QED) is 0.471. The topological polar surface area (TPSA) is 75.6 Å². The fraction of sp³-hybridized carbons (Fsp3) is 0.440. The van der Waals surface area contributed by atoms with Crippen molar-refractivity contribution in [2.75, 3.05) is 25.5 Å². The molecule has 0 fully saturated rings. The molecule has 2 N–H and O–H groups in total. The number of nitrogens with one attached hydrogen (secondary N) is 2. The zero-order valence-corrected chi connectivity index (χ0v) is 21.2. The molecule has 2 amide bonds. The highest BCUT2D eigenvalue weighted by atomic mass is 32.1. The number of nitrogens with zero attached hydrogens (tertiary/aromatic N) is 2. The third-order valence-corrected chi connectivity index (χ3v) is 9.20. The number of thiophene rings is 2. The van der Waals surface area contributed by atoms with Crippen LogP contribution in [0, 0.1) is 0 Å². The maximum atomic E-state index is 13.0. The Hall–Kier alpha value is -2.62. The van der Waals surface area contributed by atoms with Gasteiger partial charge in [-0.3, -0.25) is 10.2 Å². The van der Waals surface area contributed by atoms with Crippen LogP contribution in [0.3, 0.4) is 0 Å². The maximum absolute atomic E-state index is 13.0. The van der Waals surface area contributed by atoms with Gasteiger partial charge in [-0.1, -0.05) is 6.92 Å². The van der Waals surface area contributed by atoms with E-state index in [0.29, 0.717) is 17.1 Å². The summed E-state index contributed by atoms with van der Waals surface area (Å²) in [4.78, 5) is 30.5. The third kappa shape index (κ3) is 4.39. The number of ether oxygens (including phenoxy) is 1. The number of aromatic nitrogens is 1. The van der Waals surface area contributed by atoms with Crippen molar-refractivity contribution in [1.82, 2.24) is 14.8 Å². The Morgan fingerprint density at radius 2 is 1.85 bits per heavy atom. The molecule has 5 rings (SSSR count). The van der Waals surface area contributed by atoms with E-state index < -0.39 is 0 Å². The summed E-state index contributed by atoms with van der Waals surface area (Å²) in [7, 11) is 1.39. The van der Waals surface area contributed by atoms with Crippen LogP contribution in [0.5, 0.6) is 0 Å². The fourth-order valence-corrected chi connectivity index (χ4v) is 7.57. The Balaban J connectivity index is 1.36. The minimum atomic E-state index is -0.378. The van der Waals surface area contributed by atoms with E-state index in [1.54, 1.807) is 0 Å². The average molecular weight is 499 g/mol. The molecule has 1 aliphatic heterocycles. The van der Waals surface area contributed by atoms with E-state index in [9.17, 15) is 9.59 Å². The number of urea groups is 1. The van der Waals surface area contributed by atoms with E-state index in [2.05, 4.69) is 39.4 Å². The number of aryl methyl sites for hydroxylation is 1. The van der Waals surface area contributed by atoms with Crippen molar-refractivity contribution < 1.29 is 14.3 Å². The number of hydrogen-bond acceptors (Lipinski definition) is 6. The summed E-state index contributed by atoms with van der Waals surface area (Å²) >= 11 is 3.32. The Kier molecular flexibility index (Phi) is 6.76. The van der Waals surface area contributed by atoms with Crippen molar-refractivity contribution in [2.24, 2.45) is 0 Å². The van der Waals surface area contributed by atoms with Crippen LogP contribution in [0.15, 0.2) is 24.5 Å². The number of methoxy groups -OCH3 is 1. The van der Waals surface area contributed by atoms with Crippen LogP contribution in [0.25, 0.3) is 5.00 Å². The first-order chi connectivity index (χ1) is 16.6. The Morgan fingerprint density at radius 3 is 2.62 bits per heavy atom. The van der Waals surface area contributed by atoms with Crippen molar-refractivity contribution in [3.8, 4) is 5.00 Å². The molecule has 1 aliphatic carbocycles. The molecule has 34 heavy (non-hydrogen) atoms. The minimum Gasteiger partial charge on any atom is -0.465 e. The van der Waals surface area contributed by atoms with Crippen LogP contribution in [0.4, 0.5) is 9.80 Å². The predicted molar refractivity (Wildman–Crippen MR) is 136 cm³/mol. The van der Waals surface area contributed by atoms with Gasteiger partial charge in [0.25, 0.3) is 0 Å². The maximum Gasteiger partial charge on any atom is 0.341 e. The van der Waals surface area contributed by atoms with Gasteiger partial charge in [0.15, 0.2) is 0 Å². The highest BCUT2D eigenvalue weighted by Gasteiger charge is 2.28. The molecule has 3 aromatic rings. The second kappa shape index (κ2) is 9.93. The van der Waals surface area contributed by atoms with Gasteiger partial charge in [0.1, 0.15) is 10.0 Å². The Bertz CT molecular complexity index is 1200. The summed E-state index contributed by atoms with van der Waals surface area (Å²) in [5, 5.41) is 7.76. The predicted octanol–water partition coefficient (Wildman–Crippen LogP) is 4.97. The molecular formula is C25H30N4O3S2. The number of esters is 1. The van der Waals surface area contributed by atoms with Gasteiger partial charge in [-0.15, -0.1) is 22.7 Å². The molecule has 4 heterocycles. The standard InChI is InChI=1S/C25H30N4O3S2/c1-3-28-13-10-16-18(23(34-20(16)15-28)29-11-6-7-12-29)14-26-25(31)27-22-21(24(30)32-2)17-8-4-5-9-19(17)33-22/h6-7,11-12H,3-5,8-10,13-15H2,1-2H3,(H2,26,27,31). The average Bonchev–Trinajstić information content (AvgIpc) is 3.58. The van der Waals surface area contributed by atoms with Gasteiger partial charge in [0, 0.05) is 47.3 Å². The second-order valence-corrected chi connectivity index (χ2v) is 10.9. The summed E-state index contributed by atoms with van der Waals surface area (Å²) in [6, 6.07) is 3.75. The smallest absolute Gasteiger partial charge is 0.341 e. The molecule has 0 spiro atoms. The summed E-state index contributed by atoms with van der Waals surface area (Å²) in [5.74, 6) is -0.378. The van der Waals surface area contributed by atoms with Gasteiger partial charge in [-0.2, -0.15) is 0 Å². The molecule has 9 heteroatoms. The molecule has 180 valence electrons. The minimum absolute atomic E-state index is 0.298. The largest absolute Gasteiger partial charge is 0.465 e. The molecule has 2 aliphatic rings. The molecule has 7 nitrogen and oxygen atoms in total. The number of fused-ring (bicyclic) bond motifs is 2. The number of hydrogen-bond donors (Lipinski definition) is 2. The molecule has 0 bridgehead atoms. The highest BCUT2D eigenvalue weighted by molar-refractivity contribution is 7.17. The monoisotopic (exact) mass is 498 g/mol. The summed E-state index contributed by atoms with van der Waals surface area (Å²) in [6.07, 6.45) is 9.07. The van der Waals surface area contributed by atoms with Crippen LogP contribution in [0.2, 0.25) is 0 Å². The first-order valence-corrected chi connectivity index (χ1v) is 13.5. The summed E-state index contributed by atoms with van der Waals surface area (Å²) in [6.45, 7) is 5.67. The number of amides is 2. The van der Waals surface area contributed by atoms with Gasteiger partial charge in [-0.05, 0) is 61.9 Å². The zero-order chi connectivity index (χ0) is 23.7. The molecular weight excluding hydrogens is 468 g/mol. The molecule has 0 aromatic carbocycles. The van der Waals surface area contributed by atoms with Gasteiger partial charge in [0.2, 0.25) is 0 Å². The van der Waals surface area contributed by atoms with E-state index in [-0.39, 0.29) is 12.0 Å². The number of anilines is 1. The lowest BCUT2D eigenvalue weighted by atomic mass is 9.95. The lowest BCUT2D eigenvalue weighted by Gasteiger charge is -2.25. The normalized spacial score (nSPS) is 15.5. The van der Waals surface area contributed by atoms with Crippen molar-refractivity contribution in [2.45, 2.75) is 52.1 Å². The van der Waals surface area contributed by atoms with Crippen LogP contribution in [0.1, 0.15) is 56.6 Å². The fourth-order valence-electron chi connectivity index (χ4n) is 4.93.